The summed E-state index contributed by atoms with van der Waals surface area (Å²) >= 11 is 0. The molecule has 0 radical (unpaired) electrons. The lowest BCUT2D eigenvalue weighted by atomic mass is 9.81. The number of hydrogen-bond donors (Lipinski definition) is 1. The van der Waals surface area contributed by atoms with Gasteiger partial charge in [-0.1, -0.05) is 19.3 Å². The Bertz CT molecular complexity index is 683. The molecule has 7 heteroatoms. The van der Waals surface area contributed by atoms with Crippen LogP contribution in [0.4, 0.5) is 0 Å². The zero-order valence-electron chi connectivity index (χ0n) is 13.0. The lowest BCUT2D eigenvalue weighted by molar-refractivity contribution is -0.138. The molecular weight excluding hydrogens is 298 g/mol. The zero-order chi connectivity index (χ0) is 16.9. The number of aromatic nitrogens is 1. The van der Waals surface area contributed by atoms with Gasteiger partial charge in [-0.15, -0.1) is 0 Å². The summed E-state index contributed by atoms with van der Waals surface area (Å²) in [7, 11) is 1.56. The molecule has 0 saturated heterocycles. The Labute approximate surface area is 133 Å². The third-order valence-electron chi connectivity index (χ3n) is 4.27. The molecule has 0 aromatic carbocycles. The number of hydrogen-bond acceptors (Lipinski definition) is 5. The normalized spacial score (nSPS) is 16.2. The van der Waals surface area contributed by atoms with Crippen LogP contribution in [0.5, 0.6) is 0 Å². The first-order chi connectivity index (χ1) is 11.0. The predicted molar refractivity (Wildman–Crippen MR) is 81.5 cm³/mol. The molecule has 1 amide bonds. The van der Waals surface area contributed by atoms with Crippen LogP contribution < -0.4 is 5.56 Å². The SMILES string of the molecule is CN(C(=O)COC(=O)c1ccc[nH]c1=O)C1(C#N)CCCCC1. The van der Waals surface area contributed by atoms with Gasteiger partial charge in [0.05, 0.1) is 6.07 Å². The second kappa shape index (κ2) is 7.09. The van der Waals surface area contributed by atoms with Crippen molar-refractivity contribution in [2.75, 3.05) is 13.7 Å². The molecule has 0 spiro atoms. The number of aromatic amines is 1. The Hall–Kier alpha value is -2.62. The van der Waals surface area contributed by atoms with Crippen molar-refractivity contribution in [2.45, 2.75) is 37.6 Å². The lowest BCUT2D eigenvalue weighted by Crippen LogP contribution is -2.51. The van der Waals surface area contributed by atoms with E-state index in [1.54, 1.807) is 7.05 Å². The quantitative estimate of drug-likeness (QED) is 0.841. The smallest absolute Gasteiger partial charge is 0.344 e. The molecule has 1 aliphatic carbocycles. The Morgan fingerprint density at radius 3 is 2.70 bits per heavy atom. The van der Waals surface area contributed by atoms with E-state index in [2.05, 4.69) is 11.1 Å². The third kappa shape index (κ3) is 3.59. The number of esters is 1. The van der Waals surface area contributed by atoms with Gasteiger partial charge in [-0.05, 0) is 25.0 Å². The molecule has 0 bridgehead atoms. The van der Waals surface area contributed by atoms with Crippen molar-refractivity contribution in [3.05, 3.63) is 34.2 Å². The highest BCUT2D eigenvalue weighted by atomic mass is 16.5. The molecule has 1 aromatic heterocycles. The first-order valence-corrected chi connectivity index (χ1v) is 7.53. The van der Waals surface area contributed by atoms with Crippen LogP contribution in [-0.2, 0) is 9.53 Å². The van der Waals surface area contributed by atoms with E-state index in [1.807, 2.05) is 0 Å². The van der Waals surface area contributed by atoms with Crippen molar-refractivity contribution in [1.82, 2.24) is 9.88 Å². The van der Waals surface area contributed by atoms with Gasteiger partial charge in [-0.3, -0.25) is 9.59 Å². The van der Waals surface area contributed by atoms with E-state index in [9.17, 15) is 19.6 Å². The topological polar surface area (TPSA) is 103 Å². The van der Waals surface area contributed by atoms with Crippen LogP contribution in [0.25, 0.3) is 0 Å². The molecule has 23 heavy (non-hydrogen) atoms. The molecular formula is C16H19N3O4. The number of H-pyrrole nitrogens is 1. The molecule has 122 valence electrons. The number of nitrogens with zero attached hydrogens (tertiary/aromatic N) is 2. The first-order valence-electron chi connectivity index (χ1n) is 7.53. The summed E-state index contributed by atoms with van der Waals surface area (Å²) in [4.78, 5) is 39.3. The Kier molecular flexibility index (Phi) is 5.16. The van der Waals surface area contributed by atoms with Crippen LogP contribution in [0.3, 0.4) is 0 Å². The van der Waals surface area contributed by atoms with Crippen molar-refractivity contribution in [3.8, 4) is 6.07 Å². The number of nitrogens with one attached hydrogen (secondary N) is 1. The van der Waals surface area contributed by atoms with E-state index in [-0.39, 0.29) is 5.56 Å². The number of amides is 1. The highest BCUT2D eigenvalue weighted by molar-refractivity contribution is 5.91. The summed E-state index contributed by atoms with van der Waals surface area (Å²) < 4.78 is 4.91. The maximum Gasteiger partial charge on any atom is 0.344 e. The number of carbonyl (C=O) groups excluding carboxylic acids is 2. The Morgan fingerprint density at radius 2 is 2.09 bits per heavy atom. The van der Waals surface area contributed by atoms with E-state index >= 15 is 0 Å². The molecule has 1 heterocycles. The van der Waals surface area contributed by atoms with Gasteiger partial charge in [0, 0.05) is 13.2 Å². The monoisotopic (exact) mass is 317 g/mol. The van der Waals surface area contributed by atoms with Gasteiger partial charge in [0.2, 0.25) is 0 Å². The Balaban J connectivity index is 1.99. The van der Waals surface area contributed by atoms with Crippen LogP contribution >= 0.6 is 0 Å². The minimum atomic E-state index is -0.858. The molecule has 1 aromatic rings. The van der Waals surface area contributed by atoms with Crippen molar-refractivity contribution in [1.29, 1.82) is 5.26 Å². The maximum atomic E-state index is 12.2. The second-order valence-electron chi connectivity index (χ2n) is 5.65. The van der Waals surface area contributed by atoms with E-state index in [0.29, 0.717) is 12.8 Å². The number of rotatable bonds is 4. The molecule has 0 aliphatic heterocycles. The largest absolute Gasteiger partial charge is 0.452 e. The number of pyridine rings is 1. The summed E-state index contributed by atoms with van der Waals surface area (Å²) in [6, 6.07) is 5.06. The van der Waals surface area contributed by atoms with Gasteiger partial charge < -0.3 is 14.6 Å². The highest BCUT2D eigenvalue weighted by Gasteiger charge is 2.39. The van der Waals surface area contributed by atoms with Gasteiger partial charge in [0.1, 0.15) is 11.1 Å². The summed E-state index contributed by atoms with van der Waals surface area (Å²) in [5, 5.41) is 9.46. The fourth-order valence-electron chi connectivity index (χ4n) is 2.78. The minimum absolute atomic E-state index is 0.157. The average Bonchev–Trinajstić information content (AvgIpc) is 2.59. The molecule has 0 unspecified atom stereocenters. The van der Waals surface area contributed by atoms with Crippen LogP contribution in [0.2, 0.25) is 0 Å². The summed E-state index contributed by atoms with van der Waals surface area (Å²) in [6.07, 6.45) is 5.49. The summed E-state index contributed by atoms with van der Waals surface area (Å²) in [5.74, 6) is -1.31. The first kappa shape index (κ1) is 16.7. The van der Waals surface area contributed by atoms with Crippen LogP contribution in [0.15, 0.2) is 23.1 Å². The van der Waals surface area contributed by atoms with E-state index in [0.717, 1.165) is 19.3 Å². The van der Waals surface area contributed by atoms with Crippen molar-refractivity contribution >= 4 is 11.9 Å². The van der Waals surface area contributed by atoms with E-state index in [4.69, 9.17) is 4.74 Å². The lowest BCUT2D eigenvalue weighted by Gasteiger charge is -2.38. The average molecular weight is 317 g/mol. The fraction of sp³-hybridized carbons (Fsp3) is 0.500. The van der Waals surface area contributed by atoms with Crippen LogP contribution in [-0.4, -0.2) is 41.0 Å². The number of likely N-dealkylation sites (N-methyl/N-ethyl adjacent to an activating group) is 1. The molecule has 0 atom stereocenters. The van der Waals surface area contributed by atoms with Crippen LogP contribution in [0.1, 0.15) is 42.5 Å². The molecule has 1 saturated carbocycles. The van der Waals surface area contributed by atoms with Crippen LogP contribution in [0, 0.1) is 11.3 Å². The third-order valence-corrected chi connectivity index (χ3v) is 4.27. The van der Waals surface area contributed by atoms with Crippen molar-refractivity contribution in [2.24, 2.45) is 0 Å². The van der Waals surface area contributed by atoms with Crippen molar-refractivity contribution < 1.29 is 14.3 Å². The maximum absolute atomic E-state index is 12.2. The summed E-state index contributed by atoms with van der Waals surface area (Å²) in [6.45, 7) is -0.493. The highest BCUT2D eigenvalue weighted by Crippen LogP contribution is 2.32. The van der Waals surface area contributed by atoms with Gasteiger partial charge in [-0.2, -0.15) is 5.26 Å². The Morgan fingerprint density at radius 1 is 1.39 bits per heavy atom. The van der Waals surface area contributed by atoms with E-state index in [1.165, 1.54) is 23.2 Å². The molecule has 1 aliphatic rings. The molecule has 1 fully saturated rings. The second-order valence-corrected chi connectivity index (χ2v) is 5.65. The molecule has 7 nitrogen and oxygen atoms in total. The standard InChI is InChI=1S/C16H19N3O4/c1-19(16(11-17)7-3-2-4-8-16)13(20)10-23-15(22)12-6-5-9-18-14(12)21/h5-6,9H,2-4,7-8,10H2,1H3,(H,18,21). The molecule has 2 rings (SSSR count). The van der Waals surface area contributed by atoms with Crippen molar-refractivity contribution in [3.63, 3.8) is 0 Å². The van der Waals surface area contributed by atoms with Gasteiger partial charge >= 0.3 is 5.97 Å². The summed E-state index contributed by atoms with van der Waals surface area (Å²) in [5.41, 5.74) is -1.55. The predicted octanol–water partition coefficient (Wildman–Crippen LogP) is 1.22. The number of ether oxygens (including phenoxy) is 1. The molecule has 1 N–H and O–H groups in total. The number of carbonyl (C=O) groups is 2. The minimum Gasteiger partial charge on any atom is -0.452 e. The van der Waals surface area contributed by atoms with Gasteiger partial charge in [0.15, 0.2) is 6.61 Å². The van der Waals surface area contributed by atoms with Gasteiger partial charge in [0.25, 0.3) is 11.5 Å². The van der Waals surface area contributed by atoms with Gasteiger partial charge in [-0.25, -0.2) is 4.79 Å². The zero-order valence-corrected chi connectivity index (χ0v) is 13.0. The fourth-order valence-corrected chi connectivity index (χ4v) is 2.78. The van der Waals surface area contributed by atoms with E-state index < -0.39 is 29.6 Å². The number of nitriles is 1.